The first kappa shape index (κ1) is 32.0. The summed E-state index contributed by atoms with van der Waals surface area (Å²) in [6.45, 7) is 19.0. The van der Waals surface area contributed by atoms with Gasteiger partial charge in [-0.15, -0.1) is 45.8 Å². The van der Waals surface area contributed by atoms with Gasteiger partial charge in [0.2, 0.25) is 0 Å². The molecule has 0 atom stereocenters. The predicted molar refractivity (Wildman–Crippen MR) is 180 cm³/mol. The molecule has 3 aromatic heterocycles. The molecule has 3 aromatic rings. The Morgan fingerprint density at radius 1 is 0.658 bits per heavy atom. The maximum absolute atomic E-state index is 2.54. The van der Waals surface area contributed by atoms with E-state index in [4.69, 9.17) is 0 Å². The van der Waals surface area contributed by atoms with Crippen LogP contribution in [0, 0.1) is 0 Å². The summed E-state index contributed by atoms with van der Waals surface area (Å²) in [5, 5.41) is 0. The van der Waals surface area contributed by atoms with E-state index in [0.29, 0.717) is 0 Å². The summed E-state index contributed by atoms with van der Waals surface area (Å²) in [6.07, 6.45) is 14.3. The summed E-state index contributed by atoms with van der Waals surface area (Å²) in [5.41, 5.74) is 2.09. The van der Waals surface area contributed by atoms with Crippen LogP contribution < -0.4 is 0 Å². The van der Waals surface area contributed by atoms with Crippen molar-refractivity contribution in [2.45, 2.75) is 142 Å². The maximum atomic E-state index is 2.54. The third kappa shape index (κ3) is 8.24. The molecule has 0 aliphatic heterocycles. The van der Waals surface area contributed by atoms with E-state index < -0.39 is 0 Å². The average Bonchev–Trinajstić information content (AvgIpc) is 3.65. The minimum absolute atomic E-state index is 0.238. The van der Waals surface area contributed by atoms with Crippen molar-refractivity contribution in [3.63, 3.8) is 0 Å². The fourth-order valence-corrected chi connectivity index (χ4v) is 9.95. The Kier molecular flexibility index (Phi) is 12.5. The van der Waals surface area contributed by atoms with E-state index in [1.165, 1.54) is 101 Å². The van der Waals surface area contributed by atoms with Crippen molar-refractivity contribution < 1.29 is 0 Å². The lowest BCUT2D eigenvalue weighted by Gasteiger charge is -2.23. The average molecular weight is 589 g/mol. The highest BCUT2D eigenvalue weighted by Crippen LogP contribution is 2.49. The second-order valence-electron chi connectivity index (χ2n) is 12.1. The molecule has 0 N–H and O–H groups in total. The van der Waals surface area contributed by atoms with Gasteiger partial charge in [-0.25, -0.2) is 0 Å². The van der Waals surface area contributed by atoms with E-state index in [1.54, 1.807) is 15.3 Å². The zero-order chi connectivity index (χ0) is 27.8. The lowest BCUT2D eigenvalue weighted by atomic mass is 9.85. The smallest absolute Gasteiger partial charge is 0.0581 e. The molecule has 3 heterocycles. The molecule has 0 amide bonds. The standard InChI is InChI=1S/C34H52S4/c1-9-13-15-17-19-25-23-28(37-32(25)34(7,8)12-4)26-20-21-27(36-26)31-29(35-22-18-16-14-10-2)24-30(38-31)33(5,6)11-3/h20-21,23-24H,9-19,22H2,1-8H3. The van der Waals surface area contributed by atoms with Crippen LogP contribution >= 0.6 is 45.8 Å². The van der Waals surface area contributed by atoms with Crippen molar-refractivity contribution in [2.24, 2.45) is 0 Å². The lowest BCUT2D eigenvalue weighted by molar-refractivity contribution is 0.510. The van der Waals surface area contributed by atoms with E-state index >= 15 is 0 Å². The predicted octanol–water partition coefficient (Wildman–Crippen LogP) is 13.4. The largest absolute Gasteiger partial charge is 0.139 e. The Hall–Kier alpha value is -0.550. The number of thiophene rings is 3. The number of thioether (sulfide) groups is 1. The molecule has 4 heteroatoms. The van der Waals surface area contributed by atoms with Gasteiger partial charge in [0.05, 0.1) is 4.88 Å². The number of hydrogen-bond donors (Lipinski definition) is 0. The van der Waals surface area contributed by atoms with E-state index in [2.05, 4.69) is 103 Å². The molecule has 0 fully saturated rings. The molecule has 0 aromatic carbocycles. The van der Waals surface area contributed by atoms with Crippen LogP contribution in [-0.2, 0) is 17.3 Å². The van der Waals surface area contributed by atoms with Gasteiger partial charge in [-0.1, -0.05) is 93.9 Å². The van der Waals surface area contributed by atoms with Crippen LogP contribution in [0.3, 0.4) is 0 Å². The Morgan fingerprint density at radius 2 is 1.32 bits per heavy atom. The second-order valence-corrected chi connectivity index (χ2v) is 16.5. The zero-order valence-electron chi connectivity index (χ0n) is 25.4. The molecule has 38 heavy (non-hydrogen) atoms. The molecule has 0 unspecified atom stereocenters. The molecule has 0 nitrogen and oxygen atoms in total. The Balaban J connectivity index is 1.91. The van der Waals surface area contributed by atoms with Gasteiger partial charge in [0.15, 0.2) is 0 Å². The van der Waals surface area contributed by atoms with E-state index in [0.717, 1.165) is 0 Å². The summed E-state index contributed by atoms with van der Waals surface area (Å²) >= 11 is 8.21. The van der Waals surface area contributed by atoms with Gasteiger partial charge in [0.25, 0.3) is 0 Å². The quantitative estimate of drug-likeness (QED) is 0.112. The van der Waals surface area contributed by atoms with Crippen LogP contribution in [0.15, 0.2) is 29.2 Å². The second kappa shape index (κ2) is 14.9. The summed E-state index contributed by atoms with van der Waals surface area (Å²) in [7, 11) is 0. The van der Waals surface area contributed by atoms with Crippen molar-refractivity contribution in [3.05, 3.63) is 39.6 Å². The first-order chi connectivity index (χ1) is 18.2. The van der Waals surface area contributed by atoms with Crippen LogP contribution in [0.4, 0.5) is 0 Å². The van der Waals surface area contributed by atoms with Crippen LogP contribution in [-0.4, -0.2) is 5.75 Å². The minimum atomic E-state index is 0.238. The van der Waals surface area contributed by atoms with Gasteiger partial charge in [0, 0.05) is 29.3 Å². The lowest BCUT2D eigenvalue weighted by Crippen LogP contribution is -2.15. The molecule has 0 spiro atoms. The zero-order valence-corrected chi connectivity index (χ0v) is 28.7. The SMILES string of the molecule is CCCCCCSc1cc(C(C)(C)CC)sc1-c1ccc(-c2cc(CCCCCC)c(C(C)(C)CC)s2)s1. The van der Waals surface area contributed by atoms with Crippen molar-refractivity contribution in [1.82, 2.24) is 0 Å². The first-order valence-electron chi connectivity index (χ1n) is 15.2. The van der Waals surface area contributed by atoms with E-state index in [-0.39, 0.29) is 10.8 Å². The molecule has 0 bridgehead atoms. The number of aryl methyl sites for hydroxylation is 1. The fourth-order valence-electron chi connectivity index (χ4n) is 4.68. The Bertz CT molecular complexity index is 1110. The number of rotatable bonds is 17. The summed E-state index contributed by atoms with van der Waals surface area (Å²) in [6, 6.07) is 9.87. The molecule has 0 saturated heterocycles. The normalized spacial score (nSPS) is 12.5. The van der Waals surface area contributed by atoms with Gasteiger partial charge in [0.1, 0.15) is 0 Å². The van der Waals surface area contributed by atoms with Gasteiger partial charge in [-0.3, -0.25) is 0 Å². The number of hydrogen-bond acceptors (Lipinski definition) is 4. The van der Waals surface area contributed by atoms with Gasteiger partial charge in [-0.2, -0.15) is 0 Å². The van der Waals surface area contributed by atoms with Gasteiger partial charge < -0.3 is 0 Å². The molecule has 3 rings (SSSR count). The van der Waals surface area contributed by atoms with Crippen molar-refractivity contribution >= 4 is 45.8 Å². The highest BCUT2D eigenvalue weighted by Gasteiger charge is 2.27. The van der Waals surface area contributed by atoms with E-state index in [1.807, 2.05) is 22.7 Å². The minimum Gasteiger partial charge on any atom is -0.139 e. The molecular formula is C34H52S4. The summed E-state index contributed by atoms with van der Waals surface area (Å²) in [4.78, 5) is 10.5. The Labute approximate surface area is 251 Å². The van der Waals surface area contributed by atoms with Crippen LogP contribution in [0.2, 0.25) is 0 Å². The van der Waals surface area contributed by atoms with Gasteiger partial charge in [-0.05, 0) is 78.5 Å². The van der Waals surface area contributed by atoms with Crippen LogP contribution in [0.5, 0.6) is 0 Å². The summed E-state index contributed by atoms with van der Waals surface area (Å²) < 4.78 is 0. The highest BCUT2D eigenvalue weighted by molar-refractivity contribution is 7.99. The topological polar surface area (TPSA) is 0 Å². The molecular weight excluding hydrogens is 537 g/mol. The van der Waals surface area contributed by atoms with E-state index in [9.17, 15) is 0 Å². The molecule has 0 aliphatic carbocycles. The van der Waals surface area contributed by atoms with Gasteiger partial charge >= 0.3 is 0 Å². The third-order valence-electron chi connectivity index (χ3n) is 8.18. The molecule has 212 valence electrons. The molecule has 0 radical (unpaired) electrons. The van der Waals surface area contributed by atoms with Crippen LogP contribution in [0.25, 0.3) is 19.5 Å². The molecule has 0 saturated carbocycles. The Morgan fingerprint density at radius 3 is 1.97 bits per heavy atom. The van der Waals surface area contributed by atoms with Crippen molar-refractivity contribution in [3.8, 4) is 19.5 Å². The highest BCUT2D eigenvalue weighted by atomic mass is 32.2. The third-order valence-corrected chi connectivity index (χ3v) is 13.9. The maximum Gasteiger partial charge on any atom is 0.0581 e. The first-order valence-corrected chi connectivity index (χ1v) is 18.6. The molecule has 0 aliphatic rings. The number of unbranched alkanes of at least 4 members (excludes halogenated alkanes) is 6. The van der Waals surface area contributed by atoms with Crippen molar-refractivity contribution in [1.29, 1.82) is 0 Å². The summed E-state index contributed by atoms with van der Waals surface area (Å²) in [5.74, 6) is 1.23. The fraction of sp³-hybridized carbons (Fsp3) is 0.647. The van der Waals surface area contributed by atoms with Crippen molar-refractivity contribution in [2.75, 3.05) is 5.75 Å². The monoisotopic (exact) mass is 588 g/mol. The van der Waals surface area contributed by atoms with Crippen LogP contribution in [0.1, 0.15) is 135 Å².